The monoisotopic (exact) mass is 365 g/mol. The van der Waals surface area contributed by atoms with Crippen LogP contribution in [0.1, 0.15) is 36.5 Å². The first-order valence-corrected chi connectivity index (χ1v) is 8.59. The normalized spacial score (nSPS) is 12.2. The molecule has 0 aliphatic heterocycles. The van der Waals surface area contributed by atoms with Gasteiger partial charge in [0.25, 0.3) is 5.91 Å². The third-order valence-electron chi connectivity index (χ3n) is 3.27. The summed E-state index contributed by atoms with van der Waals surface area (Å²) < 4.78 is 27.9. The molecule has 1 atom stereocenters. The van der Waals surface area contributed by atoms with E-state index in [1.807, 2.05) is 6.92 Å². The Morgan fingerprint density at radius 2 is 2.04 bits per heavy atom. The lowest BCUT2D eigenvalue weighted by atomic mass is 10.1. The summed E-state index contributed by atoms with van der Waals surface area (Å²) in [5.74, 6) is -0.162. The second-order valence-electron chi connectivity index (χ2n) is 4.96. The van der Waals surface area contributed by atoms with Crippen LogP contribution < -0.4 is 20.9 Å². The minimum absolute atomic E-state index is 0. The van der Waals surface area contributed by atoms with E-state index in [1.54, 1.807) is 0 Å². The molecule has 7 nitrogen and oxygen atoms in total. The van der Waals surface area contributed by atoms with Crippen molar-refractivity contribution in [3.63, 3.8) is 0 Å². The van der Waals surface area contributed by atoms with E-state index >= 15 is 0 Å². The highest BCUT2D eigenvalue weighted by molar-refractivity contribution is 7.89. The summed E-state index contributed by atoms with van der Waals surface area (Å²) in [6.07, 6.45) is 2.70. The fourth-order valence-electron chi connectivity index (χ4n) is 2.00. The topological polar surface area (TPSA) is 125 Å². The molecule has 1 unspecified atom stereocenters. The molecular formula is C14H24ClN3O4S. The van der Waals surface area contributed by atoms with Gasteiger partial charge >= 0.3 is 0 Å². The maximum Gasteiger partial charge on any atom is 0.255 e. The first-order chi connectivity index (χ1) is 10.3. The molecule has 1 aromatic rings. The van der Waals surface area contributed by atoms with Crippen LogP contribution in [-0.4, -0.2) is 34.0 Å². The quantitative estimate of drug-likeness (QED) is 0.634. The third kappa shape index (κ3) is 6.34. The number of sulfonamides is 1. The number of hydrogen-bond donors (Lipinski definition) is 3. The zero-order valence-electron chi connectivity index (χ0n) is 13.2. The van der Waals surface area contributed by atoms with E-state index in [9.17, 15) is 13.2 Å². The van der Waals surface area contributed by atoms with Gasteiger partial charge in [0.1, 0.15) is 5.75 Å². The molecule has 0 aliphatic rings. The minimum Gasteiger partial charge on any atom is -0.496 e. The molecule has 1 rings (SSSR count). The van der Waals surface area contributed by atoms with Crippen LogP contribution >= 0.6 is 12.4 Å². The van der Waals surface area contributed by atoms with E-state index in [4.69, 9.17) is 15.6 Å². The summed E-state index contributed by atoms with van der Waals surface area (Å²) in [4.78, 5) is 12.2. The van der Waals surface area contributed by atoms with Crippen molar-refractivity contribution in [3.05, 3.63) is 23.8 Å². The van der Waals surface area contributed by atoms with Crippen molar-refractivity contribution in [1.82, 2.24) is 5.32 Å². The zero-order chi connectivity index (χ0) is 16.8. The molecular weight excluding hydrogens is 342 g/mol. The van der Waals surface area contributed by atoms with Gasteiger partial charge in [-0.1, -0.05) is 19.8 Å². The van der Waals surface area contributed by atoms with Crippen LogP contribution in [0.15, 0.2) is 23.1 Å². The lowest BCUT2D eigenvalue weighted by Crippen LogP contribution is -2.40. The molecule has 1 amide bonds. The number of methoxy groups -OCH3 is 1. The highest BCUT2D eigenvalue weighted by Crippen LogP contribution is 2.22. The summed E-state index contributed by atoms with van der Waals surface area (Å²) in [5.41, 5.74) is 5.76. The first-order valence-electron chi connectivity index (χ1n) is 7.05. The number of benzene rings is 1. The van der Waals surface area contributed by atoms with E-state index in [2.05, 4.69) is 5.32 Å². The largest absolute Gasteiger partial charge is 0.496 e. The molecule has 1 aromatic carbocycles. The second-order valence-corrected chi connectivity index (χ2v) is 6.52. The number of primary sulfonamides is 1. The van der Waals surface area contributed by atoms with Crippen LogP contribution in [0, 0.1) is 0 Å². The molecule has 0 bridgehead atoms. The third-order valence-corrected chi connectivity index (χ3v) is 4.18. The van der Waals surface area contributed by atoms with E-state index in [0.717, 1.165) is 19.3 Å². The minimum atomic E-state index is -3.89. The van der Waals surface area contributed by atoms with Gasteiger partial charge < -0.3 is 15.8 Å². The molecule has 23 heavy (non-hydrogen) atoms. The molecule has 9 heteroatoms. The van der Waals surface area contributed by atoms with Gasteiger partial charge in [0, 0.05) is 12.6 Å². The molecule has 0 aromatic heterocycles. The van der Waals surface area contributed by atoms with E-state index in [0.29, 0.717) is 6.54 Å². The summed E-state index contributed by atoms with van der Waals surface area (Å²) in [7, 11) is -2.49. The highest BCUT2D eigenvalue weighted by Gasteiger charge is 2.19. The maximum absolute atomic E-state index is 12.4. The van der Waals surface area contributed by atoms with Crippen molar-refractivity contribution in [3.8, 4) is 5.75 Å². The molecule has 0 aliphatic carbocycles. The van der Waals surface area contributed by atoms with E-state index in [1.165, 1.54) is 25.3 Å². The van der Waals surface area contributed by atoms with Crippen LogP contribution in [0.2, 0.25) is 0 Å². The van der Waals surface area contributed by atoms with Crippen molar-refractivity contribution in [1.29, 1.82) is 0 Å². The van der Waals surface area contributed by atoms with Gasteiger partial charge in [-0.25, -0.2) is 13.6 Å². The van der Waals surface area contributed by atoms with Crippen molar-refractivity contribution in [2.24, 2.45) is 10.9 Å². The number of hydrogen-bond acceptors (Lipinski definition) is 5. The van der Waals surface area contributed by atoms with Crippen LogP contribution in [0.5, 0.6) is 5.75 Å². The number of carbonyl (C=O) groups excluding carboxylic acids is 1. The standard InChI is InChI=1S/C14H23N3O4S.ClH/c1-3-4-5-10(9-15)17-14(18)12-8-11(22(16,19)20)6-7-13(12)21-2;/h6-8,10H,3-5,9,15H2,1-2H3,(H,17,18)(H2,16,19,20);1H. The Hall–Kier alpha value is -1.35. The number of nitrogens with two attached hydrogens (primary N) is 2. The fourth-order valence-corrected chi connectivity index (χ4v) is 2.54. The molecule has 0 heterocycles. The first kappa shape index (κ1) is 21.6. The zero-order valence-corrected chi connectivity index (χ0v) is 14.9. The summed E-state index contributed by atoms with van der Waals surface area (Å²) in [5, 5.41) is 7.88. The molecule has 5 N–H and O–H groups in total. The Balaban J connectivity index is 0.00000484. The smallest absolute Gasteiger partial charge is 0.255 e. The molecule has 0 saturated heterocycles. The average molecular weight is 366 g/mol. The van der Waals surface area contributed by atoms with Crippen molar-refractivity contribution >= 4 is 28.3 Å². The Labute approximate surface area is 143 Å². The summed E-state index contributed by atoms with van der Waals surface area (Å²) in [6, 6.07) is 3.73. The van der Waals surface area contributed by atoms with Gasteiger partial charge in [0.2, 0.25) is 10.0 Å². The van der Waals surface area contributed by atoms with Gasteiger partial charge in [-0.2, -0.15) is 0 Å². The second kappa shape index (κ2) is 9.71. The fraction of sp³-hybridized carbons (Fsp3) is 0.500. The Morgan fingerprint density at radius 1 is 1.39 bits per heavy atom. The van der Waals surface area contributed by atoms with E-state index < -0.39 is 15.9 Å². The Bertz CT molecular complexity index is 622. The van der Waals surface area contributed by atoms with Crippen LogP contribution in [0.3, 0.4) is 0 Å². The van der Waals surface area contributed by atoms with Gasteiger partial charge in [-0.3, -0.25) is 4.79 Å². The number of ether oxygens (including phenoxy) is 1. The highest BCUT2D eigenvalue weighted by atomic mass is 35.5. The lowest BCUT2D eigenvalue weighted by Gasteiger charge is -2.18. The maximum atomic E-state index is 12.4. The van der Waals surface area contributed by atoms with Gasteiger partial charge in [0.05, 0.1) is 17.6 Å². The number of rotatable bonds is 8. The van der Waals surface area contributed by atoms with Gasteiger partial charge in [-0.05, 0) is 24.6 Å². The Kier molecular flexibility index (Phi) is 9.14. The van der Waals surface area contributed by atoms with Crippen LogP contribution in [-0.2, 0) is 10.0 Å². The average Bonchev–Trinajstić information content (AvgIpc) is 2.49. The number of unbranched alkanes of at least 4 members (excludes halogenated alkanes) is 1. The number of carbonyl (C=O) groups is 1. The molecule has 132 valence electrons. The number of nitrogens with one attached hydrogen (secondary N) is 1. The van der Waals surface area contributed by atoms with E-state index in [-0.39, 0.29) is 34.7 Å². The summed E-state index contributed by atoms with van der Waals surface area (Å²) >= 11 is 0. The molecule has 0 fully saturated rings. The predicted molar refractivity (Wildman–Crippen MR) is 91.4 cm³/mol. The predicted octanol–water partition coefficient (Wildman–Crippen LogP) is 1.01. The van der Waals surface area contributed by atoms with Crippen molar-refractivity contribution < 1.29 is 17.9 Å². The SMILES string of the molecule is CCCCC(CN)NC(=O)c1cc(S(N)(=O)=O)ccc1OC.Cl. The number of halogens is 1. The molecule has 0 saturated carbocycles. The molecule has 0 radical (unpaired) electrons. The van der Waals surface area contributed by atoms with Crippen LogP contribution in [0.25, 0.3) is 0 Å². The van der Waals surface area contributed by atoms with Crippen molar-refractivity contribution in [2.45, 2.75) is 37.1 Å². The lowest BCUT2D eigenvalue weighted by molar-refractivity contribution is 0.0932. The van der Waals surface area contributed by atoms with Crippen molar-refractivity contribution in [2.75, 3.05) is 13.7 Å². The van der Waals surface area contributed by atoms with Crippen LogP contribution in [0.4, 0.5) is 0 Å². The summed E-state index contributed by atoms with van der Waals surface area (Å²) in [6.45, 7) is 2.36. The van der Waals surface area contributed by atoms with Gasteiger partial charge in [0.15, 0.2) is 0 Å². The number of amides is 1. The molecule has 0 spiro atoms. The Morgan fingerprint density at radius 3 is 2.52 bits per heavy atom. The van der Waals surface area contributed by atoms with Gasteiger partial charge in [-0.15, -0.1) is 12.4 Å².